The monoisotopic (exact) mass is 537 g/mol. The molecule has 1 aromatic heterocycles. The van der Waals surface area contributed by atoms with Gasteiger partial charge >= 0.3 is 0 Å². The van der Waals surface area contributed by atoms with Gasteiger partial charge in [-0.2, -0.15) is 5.10 Å². The van der Waals surface area contributed by atoms with Crippen LogP contribution >= 0.6 is 35.0 Å². The Balaban J connectivity index is 1.51. The van der Waals surface area contributed by atoms with Gasteiger partial charge < -0.3 is 0 Å². The fourth-order valence-corrected chi connectivity index (χ4v) is 4.46. The molecule has 0 atom stereocenters. The summed E-state index contributed by atoms with van der Waals surface area (Å²) >= 11 is 13.2. The minimum atomic E-state index is -0.269. The van der Waals surface area contributed by atoms with Crippen LogP contribution in [0.5, 0.6) is 0 Å². The number of hydrazone groups is 1. The van der Waals surface area contributed by atoms with Gasteiger partial charge in [0.2, 0.25) is 0 Å². The maximum Gasteiger partial charge on any atom is 0.250 e. The number of carbonyl (C=O) groups is 1. The third kappa shape index (κ3) is 6.35. The molecule has 0 aliphatic rings. The number of nitrogens with zero attached hydrogens (tertiary/aromatic N) is 4. The Bertz CT molecular complexity index is 1380. The van der Waals surface area contributed by atoms with Gasteiger partial charge in [0.15, 0.2) is 11.0 Å². The first kappa shape index (κ1) is 25.9. The summed E-state index contributed by atoms with van der Waals surface area (Å²) in [5.41, 5.74) is 6.41. The lowest BCUT2D eigenvalue weighted by Crippen LogP contribution is -2.20. The van der Waals surface area contributed by atoms with E-state index < -0.39 is 0 Å². The summed E-state index contributed by atoms with van der Waals surface area (Å²) in [5, 5.41) is 14.3. The van der Waals surface area contributed by atoms with Crippen molar-refractivity contribution in [2.45, 2.75) is 31.3 Å². The number of thioether (sulfide) groups is 1. The zero-order chi connectivity index (χ0) is 25.7. The van der Waals surface area contributed by atoms with Crippen molar-refractivity contribution < 1.29 is 4.79 Å². The molecular formula is C27H25Cl2N5OS. The van der Waals surface area contributed by atoms with E-state index in [4.69, 9.17) is 23.2 Å². The van der Waals surface area contributed by atoms with Crippen LogP contribution in [0.15, 0.2) is 83.1 Å². The van der Waals surface area contributed by atoms with E-state index in [0.29, 0.717) is 21.0 Å². The predicted octanol–water partition coefficient (Wildman–Crippen LogP) is 6.78. The summed E-state index contributed by atoms with van der Waals surface area (Å²) in [4.78, 5) is 12.4. The Hall–Kier alpha value is -3.13. The summed E-state index contributed by atoms with van der Waals surface area (Å²) in [5.74, 6) is 0.560. The second-order valence-electron chi connectivity index (χ2n) is 9.06. The topological polar surface area (TPSA) is 72.2 Å². The van der Waals surface area contributed by atoms with E-state index in [0.717, 1.165) is 16.8 Å². The van der Waals surface area contributed by atoms with Crippen molar-refractivity contribution in [3.8, 4) is 17.1 Å². The van der Waals surface area contributed by atoms with E-state index in [1.165, 1.54) is 23.5 Å². The van der Waals surface area contributed by atoms with E-state index in [-0.39, 0.29) is 17.1 Å². The van der Waals surface area contributed by atoms with Gasteiger partial charge in [0.25, 0.3) is 5.91 Å². The second kappa shape index (κ2) is 11.3. The molecule has 1 N–H and O–H groups in total. The molecule has 184 valence electrons. The lowest BCUT2D eigenvalue weighted by Gasteiger charge is -2.19. The zero-order valence-electron chi connectivity index (χ0n) is 20.1. The van der Waals surface area contributed by atoms with Gasteiger partial charge in [0, 0.05) is 11.3 Å². The average Bonchev–Trinajstić information content (AvgIpc) is 3.29. The number of hydrogen-bond donors (Lipinski definition) is 1. The van der Waals surface area contributed by atoms with E-state index in [2.05, 4.69) is 65.8 Å². The highest BCUT2D eigenvalue weighted by Gasteiger charge is 2.19. The van der Waals surface area contributed by atoms with Gasteiger partial charge in [-0.25, -0.2) is 5.43 Å². The second-order valence-corrected chi connectivity index (χ2v) is 10.8. The number of rotatable bonds is 7. The van der Waals surface area contributed by atoms with Crippen LogP contribution in [-0.4, -0.2) is 32.6 Å². The van der Waals surface area contributed by atoms with Crippen LogP contribution in [-0.2, 0) is 10.2 Å². The molecule has 0 radical (unpaired) electrons. The molecule has 1 amide bonds. The van der Waals surface area contributed by atoms with Crippen molar-refractivity contribution in [1.82, 2.24) is 20.2 Å². The quantitative estimate of drug-likeness (QED) is 0.160. The number of nitrogens with one attached hydrogen (secondary N) is 1. The maximum atomic E-state index is 12.4. The Morgan fingerprint density at radius 3 is 2.39 bits per heavy atom. The fraction of sp³-hybridized carbons (Fsp3) is 0.185. The number of aromatic nitrogens is 3. The molecule has 0 unspecified atom stereocenters. The van der Waals surface area contributed by atoms with Gasteiger partial charge in [0.1, 0.15) is 0 Å². The van der Waals surface area contributed by atoms with Crippen LogP contribution in [0.4, 0.5) is 0 Å². The van der Waals surface area contributed by atoms with Crippen LogP contribution in [0.1, 0.15) is 31.9 Å². The molecule has 0 saturated carbocycles. The minimum Gasteiger partial charge on any atom is -0.272 e. The Morgan fingerprint density at radius 2 is 1.72 bits per heavy atom. The van der Waals surface area contributed by atoms with Crippen molar-refractivity contribution in [3.63, 3.8) is 0 Å². The largest absolute Gasteiger partial charge is 0.272 e. The lowest BCUT2D eigenvalue weighted by molar-refractivity contribution is -0.118. The van der Waals surface area contributed by atoms with E-state index in [1.54, 1.807) is 18.2 Å². The fourth-order valence-electron chi connectivity index (χ4n) is 3.41. The average molecular weight is 539 g/mol. The van der Waals surface area contributed by atoms with Gasteiger partial charge in [0.05, 0.1) is 22.0 Å². The van der Waals surface area contributed by atoms with Crippen LogP contribution in [0.25, 0.3) is 17.1 Å². The molecule has 0 aliphatic carbocycles. The summed E-state index contributed by atoms with van der Waals surface area (Å²) in [6.07, 6.45) is 1.51. The molecular weight excluding hydrogens is 513 g/mol. The molecule has 0 spiro atoms. The van der Waals surface area contributed by atoms with E-state index in [1.807, 2.05) is 34.9 Å². The van der Waals surface area contributed by atoms with Crippen LogP contribution in [0, 0.1) is 0 Å². The molecule has 0 aliphatic heterocycles. The Morgan fingerprint density at radius 1 is 1.00 bits per heavy atom. The van der Waals surface area contributed by atoms with Crippen molar-refractivity contribution in [2.24, 2.45) is 5.10 Å². The van der Waals surface area contributed by atoms with E-state index >= 15 is 0 Å². The number of benzene rings is 3. The molecule has 9 heteroatoms. The molecule has 0 saturated heterocycles. The molecule has 4 aromatic rings. The summed E-state index contributed by atoms with van der Waals surface area (Å²) in [6.45, 7) is 6.55. The van der Waals surface area contributed by atoms with Gasteiger partial charge in [-0.3, -0.25) is 9.36 Å². The molecule has 4 rings (SSSR count). The standard InChI is InChI=1S/C27H25Cl2N5OS/c1-27(2,3)20-12-10-19(11-13-20)25-32-33-26(34(25)21-7-5-4-6-8-21)36-17-24(35)31-30-16-18-9-14-22(28)23(29)15-18/h4-16H,17H2,1-3H3,(H,31,35)/b30-16-. The first-order valence-corrected chi connectivity index (χ1v) is 13.0. The van der Waals surface area contributed by atoms with Gasteiger partial charge in [-0.05, 0) is 40.8 Å². The molecule has 1 heterocycles. The number of carbonyl (C=O) groups excluding carboxylic acids is 1. The van der Waals surface area contributed by atoms with E-state index in [9.17, 15) is 4.79 Å². The molecule has 6 nitrogen and oxygen atoms in total. The Kier molecular flexibility index (Phi) is 8.14. The summed E-state index contributed by atoms with van der Waals surface area (Å²) in [7, 11) is 0. The first-order chi connectivity index (χ1) is 17.2. The minimum absolute atomic E-state index is 0.0578. The highest BCUT2D eigenvalue weighted by Crippen LogP contribution is 2.30. The third-order valence-corrected chi connectivity index (χ3v) is 7.00. The number of hydrogen-bond acceptors (Lipinski definition) is 5. The molecule has 0 fully saturated rings. The number of para-hydroxylation sites is 1. The van der Waals surface area contributed by atoms with Gasteiger partial charge in [-0.1, -0.05) is 104 Å². The van der Waals surface area contributed by atoms with Crippen LogP contribution in [0.3, 0.4) is 0 Å². The zero-order valence-corrected chi connectivity index (χ0v) is 22.4. The molecule has 0 bridgehead atoms. The van der Waals surface area contributed by atoms with Crippen molar-refractivity contribution in [1.29, 1.82) is 0 Å². The van der Waals surface area contributed by atoms with Crippen molar-refractivity contribution >= 4 is 47.1 Å². The molecule has 3 aromatic carbocycles. The van der Waals surface area contributed by atoms with Crippen LogP contribution < -0.4 is 5.43 Å². The third-order valence-electron chi connectivity index (χ3n) is 5.34. The summed E-state index contributed by atoms with van der Waals surface area (Å²) in [6, 6.07) is 23.3. The van der Waals surface area contributed by atoms with Crippen molar-refractivity contribution in [2.75, 3.05) is 5.75 Å². The first-order valence-electron chi connectivity index (χ1n) is 11.2. The molecule has 36 heavy (non-hydrogen) atoms. The number of halogens is 2. The smallest absolute Gasteiger partial charge is 0.250 e. The normalized spacial score (nSPS) is 11.7. The van der Waals surface area contributed by atoms with Crippen LogP contribution in [0.2, 0.25) is 10.0 Å². The highest BCUT2D eigenvalue weighted by molar-refractivity contribution is 7.99. The van der Waals surface area contributed by atoms with Crippen molar-refractivity contribution in [3.05, 3.63) is 94.0 Å². The SMILES string of the molecule is CC(C)(C)c1ccc(-c2nnc(SCC(=O)N/N=C\c3ccc(Cl)c(Cl)c3)n2-c2ccccc2)cc1. The summed E-state index contributed by atoms with van der Waals surface area (Å²) < 4.78 is 1.96. The Labute approximate surface area is 224 Å². The number of amides is 1. The predicted molar refractivity (Wildman–Crippen MR) is 148 cm³/mol. The van der Waals surface area contributed by atoms with Gasteiger partial charge in [-0.15, -0.1) is 10.2 Å². The lowest BCUT2D eigenvalue weighted by atomic mass is 9.87. The highest BCUT2D eigenvalue weighted by atomic mass is 35.5. The maximum absolute atomic E-state index is 12.4.